The zero-order valence-corrected chi connectivity index (χ0v) is 17.0. The lowest BCUT2D eigenvalue weighted by Crippen LogP contribution is -2.17. The number of hydrogen-bond donors (Lipinski definition) is 2. The average molecular weight is 400 g/mol. The van der Waals surface area contributed by atoms with Crippen LogP contribution in [0.3, 0.4) is 0 Å². The molecular formula is C21H25N3O3S. The van der Waals surface area contributed by atoms with Crippen molar-refractivity contribution in [2.45, 2.75) is 44.4 Å². The lowest BCUT2D eigenvalue weighted by Gasteiger charge is -2.07. The molecule has 7 heteroatoms. The fourth-order valence-electron chi connectivity index (χ4n) is 2.92. The van der Waals surface area contributed by atoms with Gasteiger partial charge in [-0.1, -0.05) is 31.0 Å². The number of imidazole rings is 1. The zero-order valence-electron chi connectivity index (χ0n) is 16.2. The molecule has 0 aliphatic heterocycles. The summed E-state index contributed by atoms with van der Waals surface area (Å²) < 4.78 is 24.7. The van der Waals surface area contributed by atoms with Crippen molar-refractivity contribution in [3.05, 3.63) is 53.9 Å². The monoisotopic (exact) mass is 399 g/mol. The van der Waals surface area contributed by atoms with Crippen molar-refractivity contribution in [1.82, 2.24) is 9.97 Å². The molecule has 0 atom stereocenters. The predicted molar refractivity (Wildman–Crippen MR) is 111 cm³/mol. The number of unbranched alkanes of at least 4 members (excludes halogenated alkanes) is 1. The summed E-state index contributed by atoms with van der Waals surface area (Å²) in [5.41, 5.74) is 3.32. The number of nitrogens with one attached hydrogen (secondary N) is 2. The van der Waals surface area contributed by atoms with Crippen molar-refractivity contribution < 1.29 is 13.2 Å². The van der Waals surface area contributed by atoms with E-state index in [0.29, 0.717) is 5.69 Å². The summed E-state index contributed by atoms with van der Waals surface area (Å²) in [6, 6.07) is 12.1. The molecule has 2 aromatic carbocycles. The van der Waals surface area contributed by atoms with E-state index in [2.05, 4.69) is 22.2 Å². The molecule has 1 amide bonds. The van der Waals surface area contributed by atoms with Gasteiger partial charge in [-0.2, -0.15) is 0 Å². The number of aryl methyl sites for hydroxylation is 2. The van der Waals surface area contributed by atoms with Crippen LogP contribution in [0.4, 0.5) is 5.69 Å². The van der Waals surface area contributed by atoms with E-state index >= 15 is 0 Å². The minimum Gasteiger partial charge on any atom is -0.342 e. The smallest absolute Gasteiger partial charge is 0.225 e. The first-order valence-corrected chi connectivity index (χ1v) is 11.1. The molecule has 0 bridgehead atoms. The maximum absolute atomic E-state index is 12.4. The van der Waals surface area contributed by atoms with Crippen LogP contribution in [0.5, 0.6) is 0 Å². The Morgan fingerprint density at radius 2 is 1.89 bits per heavy atom. The van der Waals surface area contributed by atoms with E-state index in [1.807, 2.05) is 19.1 Å². The number of carbonyl (C=O) groups excluding carboxylic acids is 1. The summed E-state index contributed by atoms with van der Waals surface area (Å²) in [6.45, 7) is 4.03. The molecule has 2 N–H and O–H groups in total. The summed E-state index contributed by atoms with van der Waals surface area (Å²) in [5, 5.41) is 2.77. The Morgan fingerprint density at radius 1 is 1.14 bits per heavy atom. The van der Waals surface area contributed by atoms with Crippen LogP contribution >= 0.6 is 0 Å². The third-order valence-corrected chi connectivity index (χ3v) is 6.29. The lowest BCUT2D eigenvalue weighted by atomic mass is 10.2. The molecule has 148 valence electrons. The van der Waals surface area contributed by atoms with Crippen molar-refractivity contribution >= 4 is 32.5 Å². The number of aromatic nitrogens is 2. The number of rotatable bonds is 8. The molecule has 0 unspecified atom stereocenters. The number of benzene rings is 2. The van der Waals surface area contributed by atoms with Gasteiger partial charge in [0.15, 0.2) is 9.84 Å². The highest BCUT2D eigenvalue weighted by atomic mass is 32.2. The highest BCUT2D eigenvalue weighted by Gasteiger charge is 2.16. The maximum Gasteiger partial charge on any atom is 0.225 e. The van der Waals surface area contributed by atoms with Gasteiger partial charge >= 0.3 is 0 Å². The van der Waals surface area contributed by atoms with Crippen molar-refractivity contribution in [1.29, 1.82) is 0 Å². The average Bonchev–Trinajstić information content (AvgIpc) is 3.07. The molecule has 1 heterocycles. The van der Waals surface area contributed by atoms with Crippen LogP contribution in [0.2, 0.25) is 0 Å². The standard InChI is InChI=1S/C21H25N3O3S/c1-3-4-5-20-23-18-11-8-16(14-19(18)24-20)22-21(25)12-13-28(26,27)17-9-6-15(2)7-10-17/h6-11,14H,3-5,12-13H2,1-2H3,(H,22,25)(H,23,24). The molecule has 0 aliphatic carbocycles. The second-order valence-corrected chi connectivity index (χ2v) is 9.06. The molecule has 1 aromatic heterocycles. The van der Waals surface area contributed by atoms with E-state index in [-0.39, 0.29) is 23.0 Å². The highest BCUT2D eigenvalue weighted by Crippen LogP contribution is 2.19. The number of anilines is 1. The maximum atomic E-state index is 12.4. The van der Waals surface area contributed by atoms with Gasteiger partial charge in [0, 0.05) is 18.5 Å². The van der Waals surface area contributed by atoms with E-state index in [4.69, 9.17) is 0 Å². The summed E-state index contributed by atoms with van der Waals surface area (Å²) >= 11 is 0. The van der Waals surface area contributed by atoms with Crippen molar-refractivity contribution in [2.75, 3.05) is 11.1 Å². The first kappa shape index (κ1) is 20.1. The Labute approximate surface area is 165 Å². The molecule has 0 saturated carbocycles. The fraction of sp³-hybridized carbons (Fsp3) is 0.333. The summed E-state index contributed by atoms with van der Waals surface area (Å²) in [7, 11) is -3.48. The Kier molecular flexibility index (Phi) is 6.14. The highest BCUT2D eigenvalue weighted by molar-refractivity contribution is 7.91. The number of aromatic amines is 1. The second-order valence-electron chi connectivity index (χ2n) is 6.95. The second kappa shape index (κ2) is 8.56. The fourth-order valence-corrected chi connectivity index (χ4v) is 4.16. The molecule has 6 nitrogen and oxygen atoms in total. The number of nitrogens with zero attached hydrogens (tertiary/aromatic N) is 1. The molecule has 0 aliphatic rings. The third kappa shape index (κ3) is 4.98. The van der Waals surface area contributed by atoms with Crippen LogP contribution < -0.4 is 5.32 Å². The normalized spacial score (nSPS) is 11.6. The molecule has 3 aromatic rings. The van der Waals surface area contributed by atoms with Crippen molar-refractivity contribution in [3.63, 3.8) is 0 Å². The Morgan fingerprint density at radius 3 is 2.61 bits per heavy atom. The first-order chi connectivity index (χ1) is 13.4. The van der Waals surface area contributed by atoms with Gasteiger partial charge in [0.2, 0.25) is 5.91 Å². The van der Waals surface area contributed by atoms with Crippen molar-refractivity contribution in [3.8, 4) is 0 Å². The first-order valence-electron chi connectivity index (χ1n) is 9.45. The number of amides is 1. The van der Waals surface area contributed by atoms with E-state index in [1.165, 1.54) is 0 Å². The SMILES string of the molecule is CCCCc1nc2ccc(NC(=O)CCS(=O)(=O)c3ccc(C)cc3)cc2[nH]1. The minimum atomic E-state index is -3.48. The van der Waals surface area contributed by atoms with Gasteiger partial charge in [-0.15, -0.1) is 0 Å². The van der Waals surface area contributed by atoms with Crippen LogP contribution in [-0.4, -0.2) is 30.0 Å². The molecule has 0 saturated heterocycles. The van der Waals surface area contributed by atoms with Gasteiger partial charge in [-0.25, -0.2) is 13.4 Å². The van der Waals surface area contributed by atoms with Gasteiger partial charge < -0.3 is 10.3 Å². The van der Waals surface area contributed by atoms with E-state index in [1.54, 1.807) is 30.3 Å². The minimum absolute atomic E-state index is 0.0982. The van der Waals surface area contributed by atoms with Gasteiger partial charge in [0.25, 0.3) is 0 Å². The van der Waals surface area contributed by atoms with E-state index in [9.17, 15) is 13.2 Å². The van der Waals surface area contributed by atoms with E-state index < -0.39 is 9.84 Å². The largest absolute Gasteiger partial charge is 0.342 e. The zero-order chi connectivity index (χ0) is 20.1. The molecule has 3 rings (SSSR count). The van der Waals surface area contributed by atoms with Crippen LogP contribution in [0, 0.1) is 6.92 Å². The Balaban J connectivity index is 1.61. The number of carbonyl (C=O) groups is 1. The number of fused-ring (bicyclic) bond motifs is 1. The Bertz CT molecular complexity index is 1070. The molecular weight excluding hydrogens is 374 g/mol. The number of sulfone groups is 1. The predicted octanol–water partition coefficient (Wildman–Crippen LogP) is 4.02. The quantitative estimate of drug-likeness (QED) is 0.598. The van der Waals surface area contributed by atoms with E-state index in [0.717, 1.165) is 41.7 Å². The van der Waals surface area contributed by atoms with Crippen LogP contribution in [0.1, 0.15) is 37.6 Å². The van der Waals surface area contributed by atoms with Gasteiger partial charge in [-0.3, -0.25) is 4.79 Å². The third-order valence-electron chi connectivity index (χ3n) is 4.56. The topological polar surface area (TPSA) is 91.9 Å². The number of hydrogen-bond acceptors (Lipinski definition) is 4. The summed E-state index contributed by atoms with van der Waals surface area (Å²) in [4.78, 5) is 20.3. The Hall–Kier alpha value is -2.67. The van der Waals surface area contributed by atoms with Crippen LogP contribution in [-0.2, 0) is 21.1 Å². The lowest BCUT2D eigenvalue weighted by molar-refractivity contribution is -0.115. The van der Waals surface area contributed by atoms with Crippen LogP contribution in [0.15, 0.2) is 47.4 Å². The molecule has 28 heavy (non-hydrogen) atoms. The van der Waals surface area contributed by atoms with Crippen molar-refractivity contribution in [2.24, 2.45) is 0 Å². The van der Waals surface area contributed by atoms with Gasteiger partial charge in [0.05, 0.1) is 21.7 Å². The summed E-state index contributed by atoms with van der Waals surface area (Å²) in [6.07, 6.45) is 2.96. The molecule has 0 fully saturated rings. The van der Waals surface area contributed by atoms with Gasteiger partial charge in [0.1, 0.15) is 5.82 Å². The van der Waals surface area contributed by atoms with Crippen LogP contribution in [0.25, 0.3) is 11.0 Å². The molecule has 0 spiro atoms. The number of H-pyrrole nitrogens is 1. The summed E-state index contributed by atoms with van der Waals surface area (Å²) in [5.74, 6) is 0.375. The molecule has 0 radical (unpaired) electrons. The van der Waals surface area contributed by atoms with Gasteiger partial charge in [-0.05, 0) is 43.7 Å².